The first-order chi connectivity index (χ1) is 10.0. The van der Waals surface area contributed by atoms with Gasteiger partial charge < -0.3 is 10.6 Å². The predicted molar refractivity (Wildman–Crippen MR) is 75.0 cm³/mol. The Morgan fingerprint density at radius 3 is 2.41 bits per heavy atom. The van der Waals surface area contributed by atoms with E-state index in [0.29, 0.717) is 6.20 Å². The van der Waals surface area contributed by atoms with E-state index >= 15 is 0 Å². The number of amides is 1. The van der Waals surface area contributed by atoms with Crippen molar-refractivity contribution in [3.05, 3.63) is 23.9 Å². The Kier molecular flexibility index (Phi) is 5.75. The lowest BCUT2D eigenvalue weighted by atomic mass is 10.3. The molecule has 1 aromatic heterocycles. The van der Waals surface area contributed by atoms with Crippen molar-refractivity contribution in [1.82, 2.24) is 10.3 Å². The van der Waals surface area contributed by atoms with Crippen molar-refractivity contribution in [3.8, 4) is 0 Å². The molecule has 6 nitrogen and oxygen atoms in total. The molecular formula is C12H16F3N3O3S. The summed E-state index contributed by atoms with van der Waals surface area (Å²) in [6.07, 6.45) is -2.78. The largest absolute Gasteiger partial charge is 0.417 e. The molecule has 0 saturated heterocycles. The summed E-state index contributed by atoms with van der Waals surface area (Å²) in [5, 5.41) is 3.96. The molecule has 1 rings (SSSR count). The molecule has 2 N–H and O–H groups in total. The molecule has 1 heterocycles. The normalized spacial score (nSPS) is 13.5. The number of rotatable bonds is 6. The number of aromatic nitrogens is 1. The van der Waals surface area contributed by atoms with Crippen molar-refractivity contribution in [2.45, 2.75) is 18.3 Å². The van der Waals surface area contributed by atoms with Crippen LogP contribution in [0.4, 0.5) is 19.0 Å². The summed E-state index contributed by atoms with van der Waals surface area (Å²) in [5.74, 6) is -0.414. The van der Waals surface area contributed by atoms with Crippen molar-refractivity contribution in [2.75, 3.05) is 24.7 Å². The summed E-state index contributed by atoms with van der Waals surface area (Å²) in [4.78, 5) is 15.1. The number of hydrogen-bond acceptors (Lipinski definition) is 5. The second kappa shape index (κ2) is 6.95. The smallest absolute Gasteiger partial charge is 0.368 e. The second-order valence-corrected chi connectivity index (χ2v) is 6.99. The van der Waals surface area contributed by atoms with Crippen molar-refractivity contribution >= 4 is 21.6 Å². The first-order valence-corrected chi connectivity index (χ1v) is 8.21. The lowest BCUT2D eigenvalue weighted by molar-refractivity contribution is -0.137. The molecule has 0 unspecified atom stereocenters. The first kappa shape index (κ1) is 18.2. The lowest BCUT2D eigenvalue weighted by Crippen LogP contribution is -2.39. The number of nitrogens with one attached hydrogen (secondary N) is 2. The van der Waals surface area contributed by atoms with E-state index in [-0.39, 0.29) is 18.9 Å². The minimum atomic E-state index is -4.44. The van der Waals surface area contributed by atoms with Gasteiger partial charge in [-0.05, 0) is 19.1 Å². The predicted octanol–water partition coefficient (Wildman–Crippen LogP) is 1.06. The number of hydrogen-bond donors (Lipinski definition) is 2. The van der Waals surface area contributed by atoms with E-state index in [2.05, 4.69) is 15.6 Å². The molecule has 0 aliphatic carbocycles. The van der Waals surface area contributed by atoms with Gasteiger partial charge in [-0.25, -0.2) is 13.4 Å². The van der Waals surface area contributed by atoms with Crippen molar-refractivity contribution in [1.29, 1.82) is 0 Å². The fraction of sp³-hybridized carbons (Fsp3) is 0.500. The van der Waals surface area contributed by atoms with E-state index in [9.17, 15) is 26.4 Å². The Hall–Kier alpha value is -1.84. The zero-order valence-corrected chi connectivity index (χ0v) is 12.8. The van der Waals surface area contributed by atoms with Crippen LogP contribution in [0.1, 0.15) is 12.5 Å². The molecule has 10 heteroatoms. The van der Waals surface area contributed by atoms with Gasteiger partial charge in [-0.3, -0.25) is 4.79 Å². The number of sulfone groups is 1. The average Bonchev–Trinajstić information content (AvgIpc) is 2.41. The molecule has 0 aromatic carbocycles. The highest BCUT2D eigenvalue weighted by Gasteiger charge is 2.30. The molecule has 1 aromatic rings. The fourth-order valence-electron chi connectivity index (χ4n) is 1.38. The minimum Gasteiger partial charge on any atom is -0.368 e. The number of halogens is 3. The second-order valence-electron chi connectivity index (χ2n) is 4.62. The first-order valence-electron chi connectivity index (χ1n) is 6.25. The Morgan fingerprint density at radius 2 is 1.95 bits per heavy atom. The SMILES string of the molecule is C[C@@H](C(=O)NCCNc1ccc(C(F)(F)F)cn1)S(C)(=O)=O. The van der Waals surface area contributed by atoms with Gasteiger partial charge in [0.2, 0.25) is 5.91 Å². The highest BCUT2D eigenvalue weighted by Crippen LogP contribution is 2.28. The van der Waals surface area contributed by atoms with Gasteiger partial charge in [-0.1, -0.05) is 0 Å². The van der Waals surface area contributed by atoms with Gasteiger partial charge in [0.25, 0.3) is 0 Å². The number of carbonyl (C=O) groups is 1. The van der Waals surface area contributed by atoms with Gasteiger partial charge in [0.1, 0.15) is 11.1 Å². The molecule has 0 aliphatic heterocycles. The average molecular weight is 339 g/mol. The van der Waals surface area contributed by atoms with E-state index < -0.39 is 32.7 Å². The summed E-state index contributed by atoms with van der Waals surface area (Å²) >= 11 is 0. The van der Waals surface area contributed by atoms with Crippen LogP contribution in [0.3, 0.4) is 0 Å². The highest BCUT2D eigenvalue weighted by molar-refractivity contribution is 7.92. The number of anilines is 1. The summed E-state index contributed by atoms with van der Waals surface area (Å²) < 4.78 is 59.3. The van der Waals surface area contributed by atoms with Crippen LogP contribution in [0.25, 0.3) is 0 Å². The van der Waals surface area contributed by atoms with Gasteiger partial charge in [0.15, 0.2) is 9.84 Å². The summed E-state index contributed by atoms with van der Waals surface area (Å²) in [5.41, 5.74) is -0.853. The molecule has 0 fully saturated rings. The Morgan fingerprint density at radius 1 is 1.32 bits per heavy atom. The molecule has 0 spiro atoms. The van der Waals surface area contributed by atoms with Crippen LogP contribution >= 0.6 is 0 Å². The van der Waals surface area contributed by atoms with E-state index in [1.54, 1.807) is 0 Å². The Bertz CT molecular complexity index is 615. The van der Waals surface area contributed by atoms with Crippen LogP contribution < -0.4 is 10.6 Å². The molecule has 124 valence electrons. The highest BCUT2D eigenvalue weighted by atomic mass is 32.2. The summed E-state index contributed by atoms with van der Waals surface area (Å²) in [7, 11) is -3.46. The molecule has 1 amide bonds. The number of nitrogens with zero attached hydrogens (tertiary/aromatic N) is 1. The van der Waals surface area contributed by atoms with Gasteiger partial charge in [0.05, 0.1) is 5.56 Å². The maximum absolute atomic E-state index is 12.3. The van der Waals surface area contributed by atoms with Crippen molar-refractivity contribution < 1.29 is 26.4 Å². The monoisotopic (exact) mass is 339 g/mol. The van der Waals surface area contributed by atoms with Gasteiger partial charge >= 0.3 is 6.18 Å². The third-order valence-electron chi connectivity index (χ3n) is 2.83. The van der Waals surface area contributed by atoms with Gasteiger partial charge in [-0.2, -0.15) is 13.2 Å². The molecule has 0 radical (unpaired) electrons. The number of carbonyl (C=O) groups excluding carboxylic acids is 1. The van der Waals surface area contributed by atoms with E-state index in [4.69, 9.17) is 0 Å². The van der Waals surface area contributed by atoms with Crippen molar-refractivity contribution in [2.24, 2.45) is 0 Å². The van der Waals surface area contributed by atoms with E-state index in [0.717, 1.165) is 12.3 Å². The van der Waals surface area contributed by atoms with Gasteiger partial charge in [-0.15, -0.1) is 0 Å². The summed E-state index contributed by atoms with van der Waals surface area (Å²) in [6.45, 7) is 1.58. The van der Waals surface area contributed by atoms with Crippen LogP contribution in [0.5, 0.6) is 0 Å². The quantitative estimate of drug-likeness (QED) is 0.757. The molecule has 0 bridgehead atoms. The maximum atomic E-state index is 12.3. The van der Waals surface area contributed by atoms with E-state index in [1.165, 1.54) is 13.0 Å². The third-order valence-corrected chi connectivity index (χ3v) is 4.33. The zero-order chi connectivity index (χ0) is 17.0. The van der Waals surface area contributed by atoms with Crippen LogP contribution in [-0.4, -0.2) is 43.9 Å². The molecule has 0 aliphatic rings. The lowest BCUT2D eigenvalue weighted by Gasteiger charge is -2.11. The van der Waals surface area contributed by atoms with Crippen LogP contribution in [0.2, 0.25) is 0 Å². The molecule has 1 atom stereocenters. The van der Waals surface area contributed by atoms with Gasteiger partial charge in [0, 0.05) is 25.5 Å². The zero-order valence-electron chi connectivity index (χ0n) is 11.9. The topological polar surface area (TPSA) is 88.2 Å². The van der Waals surface area contributed by atoms with E-state index in [1.807, 2.05) is 0 Å². The number of alkyl halides is 3. The molecule has 22 heavy (non-hydrogen) atoms. The Labute approximate surface area is 126 Å². The van der Waals surface area contributed by atoms with Crippen LogP contribution in [-0.2, 0) is 20.8 Å². The molecule has 0 saturated carbocycles. The van der Waals surface area contributed by atoms with Crippen LogP contribution in [0, 0.1) is 0 Å². The fourth-order valence-corrected chi connectivity index (χ4v) is 1.85. The number of pyridine rings is 1. The molecular weight excluding hydrogens is 323 g/mol. The maximum Gasteiger partial charge on any atom is 0.417 e. The van der Waals surface area contributed by atoms with Crippen molar-refractivity contribution in [3.63, 3.8) is 0 Å². The Balaban J connectivity index is 2.41. The third kappa shape index (κ3) is 5.51. The minimum absolute atomic E-state index is 0.112. The van der Waals surface area contributed by atoms with Crippen LogP contribution in [0.15, 0.2) is 18.3 Å². The standard InChI is InChI=1S/C12H16F3N3O3S/c1-8(22(2,20)21)11(19)17-6-5-16-10-4-3-9(7-18-10)12(13,14)15/h3-4,7-8H,5-6H2,1-2H3,(H,16,18)(H,17,19)/t8-/m0/s1. The summed E-state index contributed by atoms with van der Waals surface area (Å²) in [6, 6.07) is 2.06.